The first-order valence-electron chi connectivity index (χ1n) is 8.66. The fourth-order valence-electron chi connectivity index (χ4n) is 3.54. The number of ketones is 1. The fraction of sp³-hybridized carbons (Fsp3) is 0.316. The first kappa shape index (κ1) is 16.9. The second-order valence-electron chi connectivity index (χ2n) is 6.69. The third-order valence-electron chi connectivity index (χ3n) is 5.02. The average Bonchev–Trinajstić information content (AvgIpc) is 3.08. The van der Waals surface area contributed by atoms with Gasteiger partial charge in [0, 0.05) is 32.2 Å². The number of anilines is 3. The highest BCUT2D eigenvalue weighted by Crippen LogP contribution is 2.35. The minimum absolute atomic E-state index is 0.218. The topological polar surface area (TPSA) is 60.9 Å². The van der Waals surface area contributed by atoms with Crippen LogP contribution in [-0.4, -0.2) is 47.4 Å². The Morgan fingerprint density at radius 1 is 0.885 bits per heavy atom. The molecule has 6 nitrogen and oxygen atoms in total. The molecule has 0 N–H and O–H groups in total. The summed E-state index contributed by atoms with van der Waals surface area (Å²) in [6.45, 7) is 2.15. The molecule has 4 rings (SSSR count). The number of Topliss-reactive ketones (excluding diaryl/α,β-unsaturated/α-hetero) is 1. The summed E-state index contributed by atoms with van der Waals surface area (Å²) in [5.74, 6) is 0.218. The Morgan fingerprint density at radius 2 is 1.58 bits per heavy atom. The lowest BCUT2D eigenvalue weighted by molar-refractivity contribution is -0.116. The first-order valence-corrected chi connectivity index (χ1v) is 10.1. The van der Waals surface area contributed by atoms with E-state index in [1.807, 2.05) is 36.2 Å². The van der Waals surface area contributed by atoms with E-state index < -0.39 is 10.0 Å². The molecule has 2 heterocycles. The van der Waals surface area contributed by atoms with Crippen LogP contribution in [0.5, 0.6) is 0 Å². The molecule has 26 heavy (non-hydrogen) atoms. The number of sulfonamides is 1. The molecule has 0 saturated carbocycles. The van der Waals surface area contributed by atoms with Crippen LogP contribution >= 0.6 is 0 Å². The summed E-state index contributed by atoms with van der Waals surface area (Å²) in [6, 6.07) is 14.4. The summed E-state index contributed by atoms with van der Waals surface area (Å²) in [5, 5.41) is 0. The van der Waals surface area contributed by atoms with Gasteiger partial charge >= 0.3 is 0 Å². The maximum atomic E-state index is 13.2. The van der Waals surface area contributed by atoms with Gasteiger partial charge in [-0.3, -0.25) is 9.10 Å². The van der Waals surface area contributed by atoms with Crippen molar-refractivity contribution in [3.05, 3.63) is 48.5 Å². The molecular formula is C19H21N3O3S. The van der Waals surface area contributed by atoms with Crippen molar-refractivity contribution in [3.8, 4) is 0 Å². The summed E-state index contributed by atoms with van der Waals surface area (Å²) >= 11 is 0. The third kappa shape index (κ3) is 2.82. The average molecular weight is 371 g/mol. The highest BCUT2D eigenvalue weighted by atomic mass is 32.2. The SMILES string of the molecule is CN1CCN(S(=O)(=O)c2ccc(N3CCC(=O)C3)cc2)c2ccccc21. The van der Waals surface area contributed by atoms with Crippen LogP contribution in [0.15, 0.2) is 53.4 Å². The number of carbonyl (C=O) groups excluding carboxylic acids is 1. The van der Waals surface area contributed by atoms with Gasteiger partial charge in [0.1, 0.15) is 0 Å². The van der Waals surface area contributed by atoms with Crippen LogP contribution in [0.25, 0.3) is 0 Å². The van der Waals surface area contributed by atoms with Crippen LogP contribution in [-0.2, 0) is 14.8 Å². The number of likely N-dealkylation sites (N-methyl/N-ethyl adjacent to an activating group) is 1. The molecule has 2 aromatic carbocycles. The minimum atomic E-state index is -3.63. The Kier molecular flexibility index (Phi) is 4.11. The Hall–Kier alpha value is -2.54. The molecule has 0 amide bonds. The van der Waals surface area contributed by atoms with Crippen LogP contribution in [0.2, 0.25) is 0 Å². The third-order valence-corrected chi connectivity index (χ3v) is 6.85. The van der Waals surface area contributed by atoms with Crippen LogP contribution in [0.4, 0.5) is 17.1 Å². The van der Waals surface area contributed by atoms with E-state index in [2.05, 4.69) is 4.90 Å². The highest BCUT2D eigenvalue weighted by Gasteiger charge is 2.31. The van der Waals surface area contributed by atoms with Crippen molar-refractivity contribution in [2.45, 2.75) is 11.3 Å². The Labute approximate surface area is 153 Å². The number of benzene rings is 2. The number of hydrogen-bond acceptors (Lipinski definition) is 5. The van der Waals surface area contributed by atoms with Gasteiger partial charge in [-0.2, -0.15) is 0 Å². The second-order valence-corrected chi connectivity index (χ2v) is 8.55. The molecule has 2 aliphatic rings. The Morgan fingerprint density at radius 3 is 2.23 bits per heavy atom. The van der Waals surface area contributed by atoms with Crippen molar-refractivity contribution in [3.63, 3.8) is 0 Å². The Bertz CT molecular complexity index is 941. The number of nitrogens with zero attached hydrogens (tertiary/aromatic N) is 3. The zero-order valence-corrected chi connectivity index (χ0v) is 15.4. The highest BCUT2D eigenvalue weighted by molar-refractivity contribution is 7.92. The Balaban J connectivity index is 1.65. The summed E-state index contributed by atoms with van der Waals surface area (Å²) in [5.41, 5.74) is 2.50. The van der Waals surface area contributed by atoms with Crippen LogP contribution < -0.4 is 14.1 Å². The van der Waals surface area contributed by atoms with Gasteiger partial charge in [0.25, 0.3) is 10.0 Å². The van der Waals surface area contributed by atoms with E-state index in [1.54, 1.807) is 24.3 Å². The van der Waals surface area contributed by atoms with Crippen molar-refractivity contribution >= 4 is 32.9 Å². The largest absolute Gasteiger partial charge is 0.371 e. The van der Waals surface area contributed by atoms with Crippen molar-refractivity contribution in [2.24, 2.45) is 0 Å². The monoisotopic (exact) mass is 371 g/mol. The number of para-hydroxylation sites is 2. The standard InChI is InChI=1S/C19H21N3O3S/c1-20-12-13-22(19-5-3-2-4-18(19)20)26(24,25)17-8-6-15(7-9-17)21-11-10-16(23)14-21/h2-9H,10-14H2,1H3. The number of fused-ring (bicyclic) bond motifs is 1. The first-order chi connectivity index (χ1) is 12.5. The van der Waals surface area contributed by atoms with Gasteiger partial charge in [-0.15, -0.1) is 0 Å². The molecule has 0 atom stereocenters. The smallest absolute Gasteiger partial charge is 0.264 e. The van der Waals surface area contributed by atoms with E-state index in [-0.39, 0.29) is 10.7 Å². The molecule has 0 spiro atoms. The van der Waals surface area contributed by atoms with E-state index in [0.29, 0.717) is 38.3 Å². The number of carbonyl (C=O) groups is 1. The summed E-state index contributed by atoms with van der Waals surface area (Å²) in [6.07, 6.45) is 0.554. The zero-order chi connectivity index (χ0) is 18.3. The minimum Gasteiger partial charge on any atom is -0.371 e. The van der Waals surface area contributed by atoms with Crippen LogP contribution in [0, 0.1) is 0 Å². The quantitative estimate of drug-likeness (QED) is 0.827. The van der Waals surface area contributed by atoms with Crippen LogP contribution in [0.1, 0.15) is 6.42 Å². The predicted molar refractivity (Wildman–Crippen MR) is 103 cm³/mol. The lowest BCUT2D eigenvalue weighted by atomic mass is 10.2. The number of hydrogen-bond donors (Lipinski definition) is 0. The van der Waals surface area contributed by atoms with E-state index in [1.165, 1.54) is 4.31 Å². The fourth-order valence-corrected chi connectivity index (χ4v) is 5.01. The lowest BCUT2D eigenvalue weighted by Crippen LogP contribution is -2.42. The van der Waals surface area contributed by atoms with Crippen LogP contribution in [0.3, 0.4) is 0 Å². The normalized spacial score (nSPS) is 17.6. The van der Waals surface area contributed by atoms with E-state index in [4.69, 9.17) is 0 Å². The van der Waals surface area contributed by atoms with Gasteiger partial charge in [-0.1, -0.05) is 12.1 Å². The van der Waals surface area contributed by atoms with Gasteiger partial charge in [-0.05, 0) is 36.4 Å². The summed E-state index contributed by atoms with van der Waals surface area (Å²) in [7, 11) is -1.66. The van der Waals surface area contributed by atoms with E-state index in [0.717, 1.165) is 11.4 Å². The van der Waals surface area contributed by atoms with E-state index >= 15 is 0 Å². The molecule has 7 heteroatoms. The van der Waals surface area contributed by atoms with Gasteiger partial charge < -0.3 is 9.80 Å². The zero-order valence-electron chi connectivity index (χ0n) is 14.6. The molecule has 2 aliphatic heterocycles. The second kappa shape index (κ2) is 6.32. The molecule has 0 radical (unpaired) electrons. The van der Waals surface area contributed by atoms with Crippen molar-refractivity contribution in [1.82, 2.24) is 0 Å². The van der Waals surface area contributed by atoms with Gasteiger partial charge in [0.15, 0.2) is 5.78 Å². The molecule has 0 unspecified atom stereocenters. The van der Waals surface area contributed by atoms with E-state index in [9.17, 15) is 13.2 Å². The molecule has 2 aromatic rings. The molecule has 1 fully saturated rings. The van der Waals surface area contributed by atoms with Gasteiger partial charge in [0.05, 0.1) is 29.4 Å². The maximum absolute atomic E-state index is 13.2. The summed E-state index contributed by atoms with van der Waals surface area (Å²) in [4.78, 5) is 15.8. The molecule has 0 aliphatic carbocycles. The maximum Gasteiger partial charge on any atom is 0.264 e. The predicted octanol–water partition coefficient (Wildman–Crippen LogP) is 2.11. The lowest BCUT2D eigenvalue weighted by Gasteiger charge is -2.36. The summed E-state index contributed by atoms with van der Waals surface area (Å²) < 4.78 is 27.8. The number of rotatable bonds is 3. The van der Waals surface area contributed by atoms with Gasteiger partial charge in [0.2, 0.25) is 0 Å². The molecular weight excluding hydrogens is 350 g/mol. The molecule has 136 valence electrons. The van der Waals surface area contributed by atoms with Crippen molar-refractivity contribution < 1.29 is 13.2 Å². The van der Waals surface area contributed by atoms with Crippen molar-refractivity contribution in [2.75, 3.05) is 47.3 Å². The molecule has 0 bridgehead atoms. The van der Waals surface area contributed by atoms with Gasteiger partial charge in [-0.25, -0.2) is 8.42 Å². The van der Waals surface area contributed by atoms with Crippen molar-refractivity contribution in [1.29, 1.82) is 0 Å². The molecule has 0 aromatic heterocycles. The molecule has 1 saturated heterocycles.